The lowest BCUT2D eigenvalue weighted by Crippen LogP contribution is -2.37. The summed E-state index contributed by atoms with van der Waals surface area (Å²) in [6.07, 6.45) is 9.07. The molecule has 0 radical (unpaired) electrons. The molecule has 0 N–H and O–H groups in total. The molecular weight excluding hydrogens is 372 g/mol. The lowest BCUT2D eigenvalue weighted by atomic mass is 10.0. The van der Waals surface area contributed by atoms with E-state index >= 15 is 0 Å². The zero-order valence-electron chi connectivity index (χ0n) is 18.2. The summed E-state index contributed by atoms with van der Waals surface area (Å²) < 4.78 is 2.15. The normalized spacial score (nSPS) is 19.8. The molecule has 2 heterocycles. The molecule has 1 aliphatic heterocycles. The van der Waals surface area contributed by atoms with Crippen molar-refractivity contribution in [2.45, 2.75) is 77.4 Å². The fourth-order valence-corrected chi connectivity index (χ4v) is 5.30. The minimum atomic E-state index is 0.245. The lowest BCUT2D eigenvalue weighted by Gasteiger charge is -2.29. The van der Waals surface area contributed by atoms with Crippen LogP contribution in [0.2, 0.25) is 0 Å². The van der Waals surface area contributed by atoms with Crippen molar-refractivity contribution in [3.8, 4) is 5.69 Å². The molecule has 5 nitrogen and oxygen atoms in total. The average Bonchev–Trinajstić information content (AvgIpc) is 3.34. The van der Waals surface area contributed by atoms with E-state index < -0.39 is 0 Å². The van der Waals surface area contributed by atoms with Gasteiger partial charge in [0.15, 0.2) is 0 Å². The summed E-state index contributed by atoms with van der Waals surface area (Å²) in [7, 11) is 0. The molecule has 30 heavy (non-hydrogen) atoms. The zero-order chi connectivity index (χ0) is 20.5. The van der Waals surface area contributed by atoms with Crippen molar-refractivity contribution in [2.24, 2.45) is 5.92 Å². The van der Waals surface area contributed by atoms with Crippen LogP contribution in [0.3, 0.4) is 0 Å². The fourth-order valence-electron chi connectivity index (χ4n) is 5.30. The van der Waals surface area contributed by atoms with Crippen molar-refractivity contribution in [3.05, 3.63) is 47.3 Å². The van der Waals surface area contributed by atoms with Gasteiger partial charge in [-0.3, -0.25) is 9.69 Å². The van der Waals surface area contributed by atoms with Crippen LogP contribution in [0.5, 0.6) is 0 Å². The predicted molar refractivity (Wildman–Crippen MR) is 118 cm³/mol. The number of amides is 1. The van der Waals surface area contributed by atoms with Crippen LogP contribution < -0.4 is 0 Å². The Kier molecular flexibility index (Phi) is 5.64. The van der Waals surface area contributed by atoms with E-state index in [0.29, 0.717) is 18.5 Å². The first kappa shape index (κ1) is 19.8. The minimum Gasteiger partial charge on any atom is -0.333 e. The molecule has 0 bridgehead atoms. The van der Waals surface area contributed by atoms with Crippen LogP contribution in [0.25, 0.3) is 5.69 Å². The van der Waals surface area contributed by atoms with Crippen LogP contribution in [-0.4, -0.2) is 44.6 Å². The highest BCUT2D eigenvalue weighted by Gasteiger charge is 2.38. The molecule has 0 spiro atoms. The van der Waals surface area contributed by atoms with Crippen molar-refractivity contribution >= 4 is 5.91 Å². The van der Waals surface area contributed by atoms with E-state index in [4.69, 9.17) is 5.10 Å². The summed E-state index contributed by atoms with van der Waals surface area (Å²) in [5.74, 6) is 0.633. The van der Waals surface area contributed by atoms with Gasteiger partial charge in [0.2, 0.25) is 5.91 Å². The van der Waals surface area contributed by atoms with Crippen molar-refractivity contribution < 1.29 is 4.79 Å². The van der Waals surface area contributed by atoms with Gasteiger partial charge in [0.05, 0.1) is 23.6 Å². The number of hydrogen-bond acceptors (Lipinski definition) is 3. The number of hydrogen-bond donors (Lipinski definition) is 0. The number of aromatic nitrogens is 2. The number of para-hydroxylation sites is 1. The monoisotopic (exact) mass is 406 g/mol. The predicted octanol–water partition coefficient (Wildman–Crippen LogP) is 4.32. The van der Waals surface area contributed by atoms with E-state index in [0.717, 1.165) is 63.1 Å². The number of benzene rings is 1. The molecule has 2 aliphatic carbocycles. The SMILES string of the molecule is CCCN1CCc2c(c(CN(C(=O)C3CCCC3)C3CC3)nn2-c2ccccc2)C1. The quantitative estimate of drug-likeness (QED) is 0.688. The molecule has 5 heteroatoms. The highest BCUT2D eigenvalue weighted by molar-refractivity contribution is 5.79. The van der Waals surface area contributed by atoms with E-state index in [2.05, 4.69) is 51.7 Å². The summed E-state index contributed by atoms with van der Waals surface area (Å²) in [5.41, 5.74) is 4.95. The third-order valence-electron chi connectivity index (χ3n) is 7.06. The van der Waals surface area contributed by atoms with E-state index in [1.165, 1.54) is 30.5 Å². The van der Waals surface area contributed by atoms with E-state index in [-0.39, 0.29) is 5.92 Å². The second-order valence-electron chi connectivity index (χ2n) is 9.32. The van der Waals surface area contributed by atoms with Gasteiger partial charge in [0.1, 0.15) is 0 Å². The standard InChI is InChI=1S/C25H34N4O/c1-2-15-27-16-14-24-22(17-27)23(26-29(24)21-10-4-3-5-11-21)18-28(20-12-13-20)25(30)19-8-6-7-9-19/h3-5,10-11,19-20H,2,6-9,12-18H2,1H3. The molecule has 160 valence electrons. The average molecular weight is 407 g/mol. The van der Waals surface area contributed by atoms with Crippen molar-refractivity contribution in [2.75, 3.05) is 13.1 Å². The van der Waals surface area contributed by atoms with Crippen LogP contribution in [0.15, 0.2) is 30.3 Å². The summed E-state index contributed by atoms with van der Waals surface area (Å²) in [4.78, 5) is 18.1. The Bertz CT molecular complexity index is 880. The molecule has 5 rings (SSSR count). The fraction of sp³-hybridized carbons (Fsp3) is 0.600. The third kappa shape index (κ3) is 3.92. The van der Waals surface area contributed by atoms with Gasteiger partial charge in [0.25, 0.3) is 0 Å². The van der Waals surface area contributed by atoms with Crippen LogP contribution >= 0.6 is 0 Å². The Hall–Kier alpha value is -2.14. The molecule has 3 aliphatic rings. The van der Waals surface area contributed by atoms with Gasteiger partial charge in [-0.25, -0.2) is 4.68 Å². The molecule has 1 aromatic heterocycles. The van der Waals surface area contributed by atoms with E-state index in [1.807, 2.05) is 0 Å². The largest absolute Gasteiger partial charge is 0.333 e. The van der Waals surface area contributed by atoms with Crippen LogP contribution in [0.4, 0.5) is 0 Å². The number of carbonyl (C=O) groups excluding carboxylic acids is 1. The maximum absolute atomic E-state index is 13.3. The molecule has 2 aromatic rings. The molecule has 1 aromatic carbocycles. The molecule has 2 fully saturated rings. The first-order chi connectivity index (χ1) is 14.7. The number of rotatable bonds is 7. The molecule has 2 saturated carbocycles. The van der Waals surface area contributed by atoms with Crippen LogP contribution in [0, 0.1) is 5.92 Å². The summed E-state index contributed by atoms with van der Waals surface area (Å²) in [6, 6.07) is 10.9. The highest BCUT2D eigenvalue weighted by Crippen LogP contribution is 2.35. The number of carbonyl (C=O) groups is 1. The van der Waals surface area contributed by atoms with Crippen LogP contribution in [0.1, 0.15) is 68.8 Å². The van der Waals surface area contributed by atoms with E-state index in [1.54, 1.807) is 0 Å². The first-order valence-corrected chi connectivity index (χ1v) is 11.9. The molecule has 1 amide bonds. The molecule has 0 unspecified atom stereocenters. The van der Waals surface area contributed by atoms with E-state index in [9.17, 15) is 4.79 Å². The Morgan fingerprint density at radius 1 is 1.13 bits per heavy atom. The second-order valence-corrected chi connectivity index (χ2v) is 9.32. The highest BCUT2D eigenvalue weighted by atomic mass is 16.2. The van der Waals surface area contributed by atoms with Gasteiger partial charge in [0, 0.05) is 37.0 Å². The Labute approximate surface area is 180 Å². The number of nitrogens with zero attached hydrogens (tertiary/aromatic N) is 4. The van der Waals surface area contributed by atoms with Crippen molar-refractivity contribution in [3.63, 3.8) is 0 Å². The summed E-state index contributed by atoms with van der Waals surface area (Å²) in [5, 5.41) is 5.11. The second kappa shape index (κ2) is 8.54. The van der Waals surface area contributed by atoms with Gasteiger partial charge in [-0.05, 0) is 50.8 Å². The minimum absolute atomic E-state index is 0.245. The van der Waals surface area contributed by atoms with Gasteiger partial charge in [-0.15, -0.1) is 0 Å². The van der Waals surface area contributed by atoms with Crippen molar-refractivity contribution in [1.82, 2.24) is 19.6 Å². The Balaban J connectivity index is 1.47. The Morgan fingerprint density at radius 3 is 2.60 bits per heavy atom. The maximum atomic E-state index is 13.3. The summed E-state index contributed by atoms with van der Waals surface area (Å²) >= 11 is 0. The van der Waals surface area contributed by atoms with Gasteiger partial charge < -0.3 is 4.90 Å². The van der Waals surface area contributed by atoms with Gasteiger partial charge in [-0.2, -0.15) is 5.10 Å². The molecular formula is C25H34N4O. The third-order valence-corrected chi connectivity index (χ3v) is 7.06. The zero-order valence-corrected chi connectivity index (χ0v) is 18.2. The maximum Gasteiger partial charge on any atom is 0.226 e. The smallest absolute Gasteiger partial charge is 0.226 e. The first-order valence-electron chi connectivity index (χ1n) is 11.9. The summed E-state index contributed by atoms with van der Waals surface area (Å²) in [6.45, 7) is 6.11. The topological polar surface area (TPSA) is 41.4 Å². The van der Waals surface area contributed by atoms with Gasteiger partial charge >= 0.3 is 0 Å². The Morgan fingerprint density at radius 2 is 1.90 bits per heavy atom. The van der Waals surface area contributed by atoms with Crippen molar-refractivity contribution in [1.29, 1.82) is 0 Å². The molecule has 0 saturated heterocycles. The van der Waals surface area contributed by atoms with Crippen LogP contribution in [-0.2, 0) is 24.3 Å². The van der Waals surface area contributed by atoms with Gasteiger partial charge in [-0.1, -0.05) is 38.0 Å². The lowest BCUT2D eigenvalue weighted by molar-refractivity contribution is -0.136. The molecule has 0 atom stereocenters. The number of fused-ring (bicyclic) bond motifs is 1.